The van der Waals surface area contributed by atoms with Crippen LogP contribution in [0.15, 0.2) is 24.3 Å². The molecule has 0 bridgehead atoms. The molecular formula is C13H18BrI. The van der Waals surface area contributed by atoms with Gasteiger partial charge in [-0.05, 0) is 58.0 Å². The van der Waals surface area contributed by atoms with Gasteiger partial charge in [0.25, 0.3) is 0 Å². The molecule has 0 fully saturated rings. The third-order valence-corrected chi connectivity index (χ3v) is 5.22. The van der Waals surface area contributed by atoms with Crippen molar-refractivity contribution in [3.63, 3.8) is 0 Å². The van der Waals surface area contributed by atoms with Crippen molar-refractivity contribution < 1.29 is 0 Å². The molecule has 0 aliphatic rings. The Morgan fingerprint density at radius 2 is 1.80 bits per heavy atom. The lowest BCUT2D eigenvalue weighted by molar-refractivity contribution is 0.258. The second kappa shape index (κ2) is 5.67. The lowest BCUT2D eigenvalue weighted by atomic mass is 9.76. The molecule has 1 rings (SSSR count). The smallest absolute Gasteiger partial charge is 0.0130 e. The lowest BCUT2D eigenvalue weighted by Crippen LogP contribution is -2.28. The molecule has 15 heavy (non-hydrogen) atoms. The fourth-order valence-corrected chi connectivity index (χ4v) is 2.68. The fraction of sp³-hybridized carbons (Fsp3) is 0.538. The van der Waals surface area contributed by atoms with Crippen molar-refractivity contribution in [3.8, 4) is 0 Å². The Morgan fingerprint density at radius 3 is 2.20 bits per heavy atom. The number of hydrogen-bond donors (Lipinski definition) is 0. The predicted molar refractivity (Wildman–Crippen MR) is 79.6 cm³/mol. The highest BCUT2D eigenvalue weighted by atomic mass is 127. The van der Waals surface area contributed by atoms with Gasteiger partial charge in [0.05, 0.1) is 0 Å². The minimum absolute atomic E-state index is 0.354. The van der Waals surface area contributed by atoms with Crippen LogP contribution in [0.1, 0.15) is 26.3 Å². The molecule has 1 aromatic carbocycles. The summed E-state index contributed by atoms with van der Waals surface area (Å²) in [5.41, 5.74) is 1.79. The lowest BCUT2D eigenvalue weighted by Gasteiger charge is -2.32. The minimum Gasteiger partial charge on any atom is -0.0922 e. The normalized spacial score (nSPS) is 15.3. The predicted octanol–water partition coefficient (Wildman–Crippen LogP) is 4.89. The molecule has 0 heterocycles. The zero-order valence-corrected chi connectivity index (χ0v) is 13.3. The number of rotatable bonds is 4. The maximum Gasteiger partial charge on any atom is 0.0130 e. The third kappa shape index (κ3) is 3.74. The van der Waals surface area contributed by atoms with Crippen molar-refractivity contribution in [2.45, 2.75) is 27.2 Å². The van der Waals surface area contributed by atoms with Crippen LogP contribution >= 0.6 is 38.5 Å². The van der Waals surface area contributed by atoms with Crippen LogP contribution in [0.2, 0.25) is 0 Å². The Bertz CT molecular complexity index is 305. The van der Waals surface area contributed by atoms with E-state index in [-0.39, 0.29) is 0 Å². The first kappa shape index (κ1) is 13.5. The molecule has 0 N–H and O–H groups in total. The van der Waals surface area contributed by atoms with Crippen LogP contribution in [0.25, 0.3) is 0 Å². The molecule has 1 atom stereocenters. The highest BCUT2D eigenvalue weighted by molar-refractivity contribution is 14.1. The molecule has 0 amide bonds. The standard InChI is InChI=1S/C13H18BrI/c1-10(2)13(3,9-14)8-11-4-6-12(15)7-5-11/h4-7,10H,8-9H2,1-3H3. The van der Waals surface area contributed by atoms with Crippen LogP contribution in [0.5, 0.6) is 0 Å². The summed E-state index contributed by atoms with van der Waals surface area (Å²) in [6.07, 6.45) is 1.15. The molecule has 0 radical (unpaired) electrons. The molecule has 1 aromatic rings. The average molecular weight is 381 g/mol. The van der Waals surface area contributed by atoms with Gasteiger partial charge in [0, 0.05) is 8.90 Å². The zero-order chi connectivity index (χ0) is 11.5. The topological polar surface area (TPSA) is 0 Å². The van der Waals surface area contributed by atoms with E-state index < -0.39 is 0 Å². The molecule has 0 aliphatic heterocycles. The first-order valence-corrected chi connectivity index (χ1v) is 7.48. The van der Waals surface area contributed by atoms with Crippen molar-refractivity contribution in [2.75, 3.05) is 5.33 Å². The number of hydrogen-bond acceptors (Lipinski definition) is 0. The van der Waals surface area contributed by atoms with Gasteiger partial charge in [0.2, 0.25) is 0 Å². The fourth-order valence-electron chi connectivity index (χ4n) is 1.47. The van der Waals surface area contributed by atoms with E-state index in [1.807, 2.05) is 0 Å². The molecule has 0 aromatic heterocycles. The van der Waals surface area contributed by atoms with Crippen molar-refractivity contribution in [2.24, 2.45) is 11.3 Å². The second-order valence-corrected chi connectivity index (χ2v) is 6.55. The van der Waals surface area contributed by atoms with E-state index in [1.165, 1.54) is 9.13 Å². The van der Waals surface area contributed by atoms with E-state index in [0.29, 0.717) is 11.3 Å². The molecule has 0 spiro atoms. The second-order valence-electron chi connectivity index (χ2n) is 4.75. The maximum absolute atomic E-state index is 3.64. The summed E-state index contributed by atoms with van der Waals surface area (Å²) in [4.78, 5) is 0. The minimum atomic E-state index is 0.354. The summed E-state index contributed by atoms with van der Waals surface area (Å²) in [6.45, 7) is 6.95. The molecular weight excluding hydrogens is 363 g/mol. The van der Waals surface area contributed by atoms with Gasteiger partial charge < -0.3 is 0 Å². The number of halogens is 2. The summed E-state index contributed by atoms with van der Waals surface area (Å²) in [6, 6.07) is 8.85. The van der Waals surface area contributed by atoms with Crippen molar-refractivity contribution in [1.82, 2.24) is 0 Å². The van der Waals surface area contributed by atoms with Gasteiger partial charge >= 0.3 is 0 Å². The van der Waals surface area contributed by atoms with Crippen LogP contribution in [0, 0.1) is 14.9 Å². The Balaban J connectivity index is 2.79. The first-order valence-electron chi connectivity index (χ1n) is 5.28. The van der Waals surface area contributed by atoms with Gasteiger partial charge in [-0.3, -0.25) is 0 Å². The first-order chi connectivity index (χ1) is 6.98. The van der Waals surface area contributed by atoms with Gasteiger partial charge in [0.15, 0.2) is 0 Å². The largest absolute Gasteiger partial charge is 0.0922 e. The van der Waals surface area contributed by atoms with E-state index in [0.717, 1.165) is 11.8 Å². The van der Waals surface area contributed by atoms with Gasteiger partial charge in [0.1, 0.15) is 0 Å². The van der Waals surface area contributed by atoms with E-state index in [2.05, 4.69) is 83.6 Å². The molecule has 0 nitrogen and oxygen atoms in total. The average Bonchev–Trinajstić information content (AvgIpc) is 2.21. The van der Waals surface area contributed by atoms with E-state index in [4.69, 9.17) is 0 Å². The zero-order valence-electron chi connectivity index (χ0n) is 9.56. The summed E-state index contributed by atoms with van der Waals surface area (Å²) in [7, 11) is 0. The van der Waals surface area contributed by atoms with Gasteiger partial charge in [-0.15, -0.1) is 0 Å². The molecule has 0 saturated heterocycles. The number of alkyl halides is 1. The molecule has 84 valence electrons. The summed E-state index contributed by atoms with van der Waals surface area (Å²) in [5, 5.41) is 1.06. The van der Waals surface area contributed by atoms with Gasteiger partial charge in [-0.1, -0.05) is 48.8 Å². The van der Waals surface area contributed by atoms with Crippen molar-refractivity contribution in [3.05, 3.63) is 33.4 Å². The number of benzene rings is 1. The monoisotopic (exact) mass is 380 g/mol. The Morgan fingerprint density at radius 1 is 1.27 bits per heavy atom. The van der Waals surface area contributed by atoms with Crippen LogP contribution in [0.3, 0.4) is 0 Å². The summed E-state index contributed by atoms with van der Waals surface area (Å²) in [5.74, 6) is 0.691. The molecule has 0 aliphatic carbocycles. The Kier molecular flexibility index (Phi) is 5.10. The Labute approximate surface area is 115 Å². The van der Waals surface area contributed by atoms with Crippen LogP contribution < -0.4 is 0 Å². The van der Waals surface area contributed by atoms with E-state index in [9.17, 15) is 0 Å². The molecule has 2 heteroatoms. The quantitative estimate of drug-likeness (QED) is 0.515. The van der Waals surface area contributed by atoms with Crippen molar-refractivity contribution in [1.29, 1.82) is 0 Å². The maximum atomic E-state index is 3.64. The van der Waals surface area contributed by atoms with Gasteiger partial charge in [-0.25, -0.2) is 0 Å². The van der Waals surface area contributed by atoms with Crippen LogP contribution in [-0.2, 0) is 6.42 Å². The highest BCUT2D eigenvalue weighted by Crippen LogP contribution is 2.33. The van der Waals surface area contributed by atoms with Crippen LogP contribution in [0.4, 0.5) is 0 Å². The van der Waals surface area contributed by atoms with Crippen molar-refractivity contribution >= 4 is 38.5 Å². The van der Waals surface area contributed by atoms with Gasteiger partial charge in [-0.2, -0.15) is 0 Å². The molecule has 1 unspecified atom stereocenters. The van der Waals surface area contributed by atoms with E-state index in [1.54, 1.807) is 0 Å². The highest BCUT2D eigenvalue weighted by Gasteiger charge is 2.27. The summed E-state index contributed by atoms with van der Waals surface area (Å²) < 4.78 is 1.31. The SMILES string of the molecule is CC(C)C(C)(CBr)Cc1ccc(I)cc1. The van der Waals surface area contributed by atoms with E-state index >= 15 is 0 Å². The summed E-state index contributed by atoms with van der Waals surface area (Å²) >= 11 is 5.99. The molecule has 0 saturated carbocycles. The third-order valence-electron chi connectivity index (χ3n) is 3.22. The Hall–Kier alpha value is 0.430. The van der Waals surface area contributed by atoms with Crippen LogP contribution in [-0.4, -0.2) is 5.33 Å².